The molecule has 0 aliphatic rings. The van der Waals surface area contributed by atoms with Gasteiger partial charge in [0.1, 0.15) is 5.69 Å². The first-order chi connectivity index (χ1) is 8.40. The van der Waals surface area contributed by atoms with Crippen LogP contribution in [0.3, 0.4) is 0 Å². The standard InChI is InChI=1S/C10H6Cl2N2O4/c11-4-1-6(12)8-5(3-14(17)18)9(10(15)16)13-7(8)2-4/h1-2,13H,3H2,(H,15,16). The van der Waals surface area contributed by atoms with Crippen molar-refractivity contribution < 1.29 is 14.8 Å². The number of nitrogens with one attached hydrogen (secondary N) is 1. The van der Waals surface area contributed by atoms with Crippen molar-refractivity contribution in [2.45, 2.75) is 6.54 Å². The largest absolute Gasteiger partial charge is 0.477 e. The molecule has 0 bridgehead atoms. The van der Waals surface area contributed by atoms with Gasteiger partial charge in [-0.25, -0.2) is 4.79 Å². The Bertz CT molecular complexity index is 665. The minimum Gasteiger partial charge on any atom is -0.477 e. The van der Waals surface area contributed by atoms with Crippen molar-refractivity contribution >= 4 is 40.1 Å². The topological polar surface area (TPSA) is 96.2 Å². The molecule has 2 N–H and O–H groups in total. The molecule has 18 heavy (non-hydrogen) atoms. The third kappa shape index (κ3) is 2.12. The molecule has 0 atom stereocenters. The summed E-state index contributed by atoms with van der Waals surface area (Å²) in [4.78, 5) is 23.6. The van der Waals surface area contributed by atoms with Crippen molar-refractivity contribution in [1.29, 1.82) is 0 Å². The van der Waals surface area contributed by atoms with E-state index in [2.05, 4.69) is 4.98 Å². The molecule has 2 rings (SSSR count). The molecule has 1 heterocycles. The molecule has 94 valence electrons. The highest BCUT2D eigenvalue weighted by molar-refractivity contribution is 6.39. The quantitative estimate of drug-likeness (QED) is 0.670. The maximum absolute atomic E-state index is 11.0. The van der Waals surface area contributed by atoms with Crippen LogP contribution in [0.2, 0.25) is 10.0 Å². The number of halogens is 2. The Morgan fingerprint density at radius 2 is 2.11 bits per heavy atom. The number of hydrogen-bond acceptors (Lipinski definition) is 3. The van der Waals surface area contributed by atoms with Crippen molar-refractivity contribution in [3.8, 4) is 0 Å². The highest BCUT2D eigenvalue weighted by Gasteiger charge is 2.22. The smallest absolute Gasteiger partial charge is 0.352 e. The lowest BCUT2D eigenvalue weighted by Gasteiger charge is -1.98. The molecule has 8 heteroatoms. The highest BCUT2D eigenvalue weighted by Crippen LogP contribution is 2.32. The summed E-state index contributed by atoms with van der Waals surface area (Å²) in [6.45, 7) is -0.622. The third-order valence-corrected chi connectivity index (χ3v) is 2.94. The van der Waals surface area contributed by atoms with E-state index in [0.717, 1.165) is 0 Å². The number of nitro groups is 1. The fraction of sp³-hybridized carbons (Fsp3) is 0.100. The van der Waals surface area contributed by atoms with Crippen molar-refractivity contribution in [3.63, 3.8) is 0 Å². The van der Waals surface area contributed by atoms with Gasteiger partial charge in [0, 0.05) is 20.8 Å². The molecule has 0 aliphatic heterocycles. The number of aromatic nitrogens is 1. The third-order valence-electron chi connectivity index (χ3n) is 2.42. The average molecular weight is 289 g/mol. The molecule has 0 unspecified atom stereocenters. The summed E-state index contributed by atoms with van der Waals surface area (Å²) in [5.74, 6) is -1.28. The van der Waals surface area contributed by atoms with E-state index in [0.29, 0.717) is 15.9 Å². The molecule has 1 aromatic carbocycles. The normalized spacial score (nSPS) is 10.8. The Kier molecular flexibility index (Phi) is 3.14. The molecular formula is C10H6Cl2N2O4. The second kappa shape index (κ2) is 4.47. The summed E-state index contributed by atoms with van der Waals surface area (Å²) in [6.07, 6.45) is 0. The van der Waals surface area contributed by atoms with Crippen molar-refractivity contribution in [2.75, 3.05) is 0 Å². The fourth-order valence-corrected chi connectivity index (χ4v) is 2.39. The van der Waals surface area contributed by atoms with Gasteiger partial charge in [0.15, 0.2) is 0 Å². The minimum atomic E-state index is -1.28. The fourth-order valence-electron chi connectivity index (χ4n) is 1.78. The van der Waals surface area contributed by atoms with Gasteiger partial charge in [-0.15, -0.1) is 0 Å². The molecule has 0 radical (unpaired) electrons. The van der Waals surface area contributed by atoms with Gasteiger partial charge >= 0.3 is 5.97 Å². The van der Waals surface area contributed by atoms with Gasteiger partial charge in [0.25, 0.3) is 0 Å². The first-order valence-corrected chi connectivity index (χ1v) is 5.50. The number of fused-ring (bicyclic) bond motifs is 1. The number of carboxylic acids is 1. The van der Waals surface area contributed by atoms with Gasteiger partial charge in [0.05, 0.1) is 10.6 Å². The van der Waals surface area contributed by atoms with Crippen LogP contribution >= 0.6 is 23.2 Å². The number of benzene rings is 1. The van der Waals surface area contributed by atoms with E-state index in [4.69, 9.17) is 28.3 Å². The molecule has 0 spiro atoms. The van der Waals surface area contributed by atoms with Crippen LogP contribution < -0.4 is 0 Å². The van der Waals surface area contributed by atoms with E-state index >= 15 is 0 Å². The van der Waals surface area contributed by atoms with E-state index in [1.807, 2.05) is 0 Å². The molecule has 0 fully saturated rings. The van der Waals surface area contributed by atoms with Crippen LogP contribution in [-0.4, -0.2) is 21.0 Å². The van der Waals surface area contributed by atoms with Gasteiger partial charge in [-0.3, -0.25) is 10.1 Å². The Hall–Kier alpha value is -1.79. The van der Waals surface area contributed by atoms with Gasteiger partial charge in [-0.2, -0.15) is 0 Å². The Morgan fingerprint density at radius 1 is 1.44 bits per heavy atom. The van der Waals surface area contributed by atoms with Gasteiger partial charge in [0.2, 0.25) is 6.54 Å². The molecule has 2 aromatic rings. The van der Waals surface area contributed by atoms with Crippen molar-refractivity contribution in [1.82, 2.24) is 4.98 Å². The number of carboxylic acid groups (broad SMARTS) is 1. The second-order valence-electron chi connectivity index (χ2n) is 3.58. The zero-order valence-electron chi connectivity index (χ0n) is 8.74. The number of aromatic amines is 1. The molecule has 0 aliphatic carbocycles. The molecule has 1 aromatic heterocycles. The minimum absolute atomic E-state index is 0.0455. The number of aromatic carboxylic acids is 1. The molecule has 0 saturated carbocycles. The Labute approximate surface area is 110 Å². The van der Waals surface area contributed by atoms with Crippen LogP contribution in [0, 0.1) is 10.1 Å². The van der Waals surface area contributed by atoms with Crippen molar-refractivity contribution in [2.24, 2.45) is 0 Å². The summed E-state index contributed by atoms with van der Waals surface area (Å²) in [5.41, 5.74) is 0.164. The zero-order chi connectivity index (χ0) is 13.4. The second-order valence-corrected chi connectivity index (χ2v) is 4.43. The SMILES string of the molecule is O=C(O)c1[nH]c2cc(Cl)cc(Cl)c2c1C[N+](=O)[O-]. The van der Waals surface area contributed by atoms with E-state index in [1.54, 1.807) is 0 Å². The van der Waals surface area contributed by atoms with Crippen molar-refractivity contribution in [3.05, 3.63) is 43.5 Å². The number of hydrogen-bond donors (Lipinski definition) is 2. The predicted molar refractivity (Wildman–Crippen MR) is 66.0 cm³/mol. The van der Waals surface area contributed by atoms with Crippen LogP contribution in [0.5, 0.6) is 0 Å². The monoisotopic (exact) mass is 288 g/mol. The lowest BCUT2D eigenvalue weighted by Crippen LogP contribution is -2.05. The maximum Gasteiger partial charge on any atom is 0.352 e. The summed E-state index contributed by atoms with van der Waals surface area (Å²) in [7, 11) is 0. The first-order valence-electron chi connectivity index (χ1n) is 4.75. The molecule has 0 amide bonds. The van der Waals surface area contributed by atoms with Crippen LogP contribution in [0.15, 0.2) is 12.1 Å². The lowest BCUT2D eigenvalue weighted by atomic mass is 10.1. The first kappa shape index (κ1) is 12.7. The predicted octanol–water partition coefficient (Wildman–Crippen LogP) is 2.95. The lowest BCUT2D eigenvalue weighted by molar-refractivity contribution is -0.496. The molecule has 6 nitrogen and oxygen atoms in total. The Morgan fingerprint density at radius 3 is 2.67 bits per heavy atom. The summed E-state index contributed by atoms with van der Waals surface area (Å²) in [5, 5.41) is 20.4. The summed E-state index contributed by atoms with van der Waals surface area (Å²) < 4.78 is 0. The van der Waals surface area contributed by atoms with Crippen LogP contribution in [0.1, 0.15) is 16.1 Å². The number of rotatable bonds is 3. The number of H-pyrrole nitrogens is 1. The summed E-state index contributed by atoms with van der Waals surface area (Å²) in [6, 6.07) is 2.88. The van der Waals surface area contributed by atoms with E-state index in [-0.39, 0.29) is 16.3 Å². The van der Waals surface area contributed by atoms with Gasteiger partial charge < -0.3 is 10.1 Å². The van der Waals surface area contributed by atoms with E-state index in [1.165, 1.54) is 12.1 Å². The van der Waals surface area contributed by atoms with Crippen LogP contribution in [0.4, 0.5) is 0 Å². The van der Waals surface area contributed by atoms with Crippen LogP contribution in [-0.2, 0) is 6.54 Å². The van der Waals surface area contributed by atoms with Gasteiger partial charge in [-0.1, -0.05) is 23.2 Å². The van der Waals surface area contributed by atoms with Crippen LogP contribution in [0.25, 0.3) is 10.9 Å². The maximum atomic E-state index is 11.0. The number of nitrogens with zero attached hydrogens (tertiary/aromatic N) is 1. The average Bonchev–Trinajstić information content (AvgIpc) is 2.55. The molecule has 0 saturated heterocycles. The van der Waals surface area contributed by atoms with Gasteiger partial charge in [-0.05, 0) is 12.1 Å². The highest BCUT2D eigenvalue weighted by atomic mass is 35.5. The Balaban J connectivity index is 2.80. The molecular weight excluding hydrogens is 283 g/mol. The zero-order valence-corrected chi connectivity index (χ0v) is 10.2. The van der Waals surface area contributed by atoms with E-state index in [9.17, 15) is 14.9 Å². The summed E-state index contributed by atoms with van der Waals surface area (Å²) >= 11 is 11.7. The van der Waals surface area contributed by atoms with E-state index < -0.39 is 17.4 Å². The number of carbonyl (C=O) groups is 1.